The Kier molecular flexibility index (Phi) is 10.2. The zero-order valence-electron chi connectivity index (χ0n) is 13.4. The molecule has 11 nitrogen and oxygen atoms in total. The summed E-state index contributed by atoms with van der Waals surface area (Å²) in [6.07, 6.45) is 0.388. The van der Waals surface area contributed by atoms with Crippen LogP contribution in [-0.2, 0) is 24.0 Å². The fraction of sp³-hybridized carbons (Fsp3) is 0.615. The third-order valence-corrected chi connectivity index (χ3v) is 3.62. The number of amides is 2. The fourth-order valence-corrected chi connectivity index (χ4v) is 2.18. The lowest BCUT2D eigenvalue weighted by Crippen LogP contribution is -2.55. The quantitative estimate of drug-likeness (QED) is 0.222. The molecule has 142 valence electrons. The first kappa shape index (κ1) is 22.7. The lowest BCUT2D eigenvalue weighted by Gasteiger charge is -2.21. The van der Waals surface area contributed by atoms with Gasteiger partial charge in [0.05, 0.1) is 18.9 Å². The van der Waals surface area contributed by atoms with E-state index in [0.717, 1.165) is 0 Å². The van der Waals surface area contributed by atoms with E-state index in [1.807, 2.05) is 5.32 Å². The number of nitrogens with one attached hydrogen (secondary N) is 2. The molecule has 0 aromatic carbocycles. The molecule has 0 aromatic rings. The fourth-order valence-electron chi connectivity index (χ4n) is 1.69. The van der Waals surface area contributed by atoms with Crippen molar-refractivity contribution in [2.24, 2.45) is 5.73 Å². The normalized spacial score (nSPS) is 14.0. The second-order valence-corrected chi connectivity index (χ2v) is 6.03. The molecule has 25 heavy (non-hydrogen) atoms. The maximum Gasteiger partial charge on any atom is 0.326 e. The number of nitrogens with two attached hydrogens (primary N) is 1. The van der Waals surface area contributed by atoms with Crippen LogP contribution in [0, 0.1) is 0 Å². The molecule has 3 atom stereocenters. The molecule has 0 aliphatic heterocycles. The number of carbonyl (C=O) groups excluding carboxylic acids is 2. The van der Waals surface area contributed by atoms with Crippen LogP contribution in [-0.4, -0.2) is 75.2 Å². The Morgan fingerprint density at radius 3 is 1.84 bits per heavy atom. The van der Waals surface area contributed by atoms with Crippen molar-refractivity contribution in [1.29, 1.82) is 0 Å². The number of rotatable bonds is 12. The van der Waals surface area contributed by atoms with Crippen molar-refractivity contribution in [1.82, 2.24) is 10.6 Å². The maximum atomic E-state index is 12.1. The molecule has 7 N–H and O–H groups in total. The van der Waals surface area contributed by atoms with E-state index in [4.69, 9.17) is 21.1 Å². The van der Waals surface area contributed by atoms with E-state index in [0.29, 0.717) is 12.2 Å². The summed E-state index contributed by atoms with van der Waals surface area (Å²) < 4.78 is 0. The minimum atomic E-state index is -1.76. The molecule has 0 rings (SSSR count). The number of hydrogen-bond acceptors (Lipinski definition) is 7. The highest BCUT2D eigenvalue weighted by atomic mass is 32.2. The predicted octanol–water partition coefficient (Wildman–Crippen LogP) is -1.93. The lowest BCUT2D eigenvalue weighted by molar-refractivity contribution is -0.148. The lowest BCUT2D eigenvalue weighted by atomic mass is 10.1. The molecule has 0 radical (unpaired) electrons. The Balaban J connectivity index is 5.02. The predicted molar refractivity (Wildman–Crippen MR) is 87.0 cm³/mol. The van der Waals surface area contributed by atoms with Gasteiger partial charge >= 0.3 is 17.9 Å². The third kappa shape index (κ3) is 9.52. The summed E-state index contributed by atoms with van der Waals surface area (Å²) in [4.78, 5) is 56.4. The van der Waals surface area contributed by atoms with Crippen molar-refractivity contribution in [2.75, 3.05) is 12.0 Å². The van der Waals surface area contributed by atoms with Gasteiger partial charge in [-0.2, -0.15) is 11.8 Å². The summed E-state index contributed by atoms with van der Waals surface area (Å²) in [6, 6.07) is -4.31. The van der Waals surface area contributed by atoms with Crippen molar-refractivity contribution >= 4 is 41.5 Å². The van der Waals surface area contributed by atoms with Crippen LogP contribution in [0.2, 0.25) is 0 Å². The highest BCUT2D eigenvalue weighted by Gasteiger charge is 2.30. The summed E-state index contributed by atoms with van der Waals surface area (Å²) in [5.41, 5.74) is 5.62. The van der Waals surface area contributed by atoms with E-state index in [-0.39, 0.29) is 0 Å². The van der Waals surface area contributed by atoms with Gasteiger partial charge < -0.3 is 31.7 Å². The van der Waals surface area contributed by atoms with Crippen molar-refractivity contribution < 1.29 is 39.3 Å². The van der Waals surface area contributed by atoms with Gasteiger partial charge in [-0.05, 0) is 18.4 Å². The number of aliphatic carboxylic acids is 3. The molecule has 3 unspecified atom stereocenters. The van der Waals surface area contributed by atoms with Gasteiger partial charge in [0.15, 0.2) is 0 Å². The average molecular weight is 379 g/mol. The highest BCUT2D eigenvalue weighted by Crippen LogP contribution is 2.02. The second kappa shape index (κ2) is 11.3. The molecule has 0 saturated carbocycles. The van der Waals surface area contributed by atoms with Gasteiger partial charge in [-0.25, -0.2) is 4.79 Å². The van der Waals surface area contributed by atoms with E-state index >= 15 is 0 Å². The Labute approximate surface area is 147 Å². The van der Waals surface area contributed by atoms with Crippen LogP contribution in [0.3, 0.4) is 0 Å². The topological polar surface area (TPSA) is 196 Å². The first-order valence-corrected chi connectivity index (χ1v) is 8.49. The maximum absolute atomic E-state index is 12.1. The third-order valence-electron chi connectivity index (χ3n) is 2.97. The van der Waals surface area contributed by atoms with E-state index in [2.05, 4.69) is 5.32 Å². The second-order valence-electron chi connectivity index (χ2n) is 5.04. The van der Waals surface area contributed by atoms with Crippen LogP contribution in [0.4, 0.5) is 0 Å². The average Bonchev–Trinajstić information content (AvgIpc) is 2.49. The van der Waals surface area contributed by atoms with Crippen LogP contribution in [0.15, 0.2) is 0 Å². The molecule has 0 fully saturated rings. The Morgan fingerprint density at radius 1 is 0.920 bits per heavy atom. The largest absolute Gasteiger partial charge is 0.481 e. The molecule has 0 aliphatic rings. The molecule has 0 aromatic heterocycles. The number of thioether (sulfide) groups is 1. The Bertz CT molecular complexity index is 527. The number of carbonyl (C=O) groups is 5. The van der Waals surface area contributed by atoms with Gasteiger partial charge in [0, 0.05) is 0 Å². The highest BCUT2D eigenvalue weighted by molar-refractivity contribution is 7.98. The van der Waals surface area contributed by atoms with Gasteiger partial charge in [-0.15, -0.1) is 0 Å². The van der Waals surface area contributed by atoms with Crippen LogP contribution < -0.4 is 16.4 Å². The molecular weight excluding hydrogens is 358 g/mol. The molecular formula is C13H21N3O8S. The Morgan fingerprint density at radius 2 is 1.40 bits per heavy atom. The van der Waals surface area contributed by atoms with Crippen LogP contribution in [0.5, 0.6) is 0 Å². The molecule has 0 heterocycles. The van der Waals surface area contributed by atoms with Gasteiger partial charge in [0.2, 0.25) is 11.8 Å². The summed E-state index contributed by atoms with van der Waals surface area (Å²) in [5, 5.41) is 30.4. The Hall–Kier alpha value is -2.34. The molecule has 0 aliphatic carbocycles. The minimum Gasteiger partial charge on any atom is -0.481 e. The summed E-state index contributed by atoms with van der Waals surface area (Å²) in [5.74, 6) is -5.80. The zero-order chi connectivity index (χ0) is 19.6. The zero-order valence-corrected chi connectivity index (χ0v) is 14.2. The monoisotopic (exact) mass is 379 g/mol. The van der Waals surface area contributed by atoms with Crippen molar-refractivity contribution in [3.8, 4) is 0 Å². The van der Waals surface area contributed by atoms with E-state index in [1.54, 1.807) is 6.26 Å². The van der Waals surface area contributed by atoms with E-state index in [1.165, 1.54) is 11.8 Å². The van der Waals surface area contributed by atoms with E-state index < -0.39 is 60.7 Å². The van der Waals surface area contributed by atoms with E-state index in [9.17, 15) is 24.0 Å². The summed E-state index contributed by atoms with van der Waals surface area (Å²) in [6.45, 7) is 0. The minimum absolute atomic E-state index is 0.297. The summed E-state index contributed by atoms with van der Waals surface area (Å²) in [7, 11) is 0. The first-order valence-electron chi connectivity index (χ1n) is 7.10. The van der Waals surface area contributed by atoms with Gasteiger partial charge in [0.25, 0.3) is 0 Å². The van der Waals surface area contributed by atoms with Crippen molar-refractivity contribution in [3.63, 3.8) is 0 Å². The smallest absolute Gasteiger partial charge is 0.326 e. The SMILES string of the molecule is CSCCC(N)C(=O)NC(CC(=O)O)C(=O)NC(CC(=O)O)C(=O)O. The van der Waals surface area contributed by atoms with Gasteiger partial charge in [-0.3, -0.25) is 19.2 Å². The standard InChI is InChI=1S/C13H21N3O8S/c1-25-3-2-6(14)11(21)15-7(4-9(17)18)12(22)16-8(13(23)24)5-10(19)20/h6-8H,2-5,14H2,1H3,(H,15,21)(H,16,22)(H,17,18)(H,19,20)(H,23,24). The molecule has 12 heteroatoms. The number of carboxylic acids is 3. The summed E-state index contributed by atoms with van der Waals surface area (Å²) >= 11 is 1.45. The van der Waals surface area contributed by atoms with Gasteiger partial charge in [0.1, 0.15) is 12.1 Å². The van der Waals surface area contributed by atoms with Gasteiger partial charge in [-0.1, -0.05) is 0 Å². The van der Waals surface area contributed by atoms with Crippen molar-refractivity contribution in [3.05, 3.63) is 0 Å². The van der Waals surface area contributed by atoms with Crippen LogP contribution in [0.25, 0.3) is 0 Å². The number of hydrogen-bond donors (Lipinski definition) is 6. The molecule has 2 amide bonds. The first-order chi connectivity index (χ1) is 11.6. The van der Waals surface area contributed by atoms with Crippen molar-refractivity contribution in [2.45, 2.75) is 37.4 Å². The molecule has 0 saturated heterocycles. The number of carboxylic acid groups (broad SMARTS) is 3. The van der Waals surface area contributed by atoms with Crippen LogP contribution in [0.1, 0.15) is 19.3 Å². The van der Waals surface area contributed by atoms with Crippen LogP contribution >= 0.6 is 11.8 Å². The molecule has 0 spiro atoms. The molecule has 0 bridgehead atoms.